The normalized spacial score (nSPS) is 20.7. The van der Waals surface area contributed by atoms with Crippen molar-refractivity contribution >= 4 is 15.9 Å². The van der Waals surface area contributed by atoms with Gasteiger partial charge in [-0.1, -0.05) is 6.92 Å². The van der Waals surface area contributed by atoms with Crippen LogP contribution in [0.1, 0.15) is 25.5 Å². The topological polar surface area (TPSA) is 24.9 Å². The molecule has 0 amide bonds. The Bertz CT molecular complexity index is 302. The Morgan fingerprint density at radius 3 is 2.64 bits per heavy atom. The van der Waals surface area contributed by atoms with Crippen LogP contribution in [-0.2, 0) is 5.41 Å². The van der Waals surface area contributed by atoms with Gasteiger partial charge in [-0.3, -0.25) is 4.98 Å². The molecule has 2 heterocycles. The van der Waals surface area contributed by atoms with Gasteiger partial charge < -0.3 is 5.32 Å². The van der Waals surface area contributed by atoms with Crippen LogP contribution in [0.15, 0.2) is 22.8 Å². The molecule has 1 fully saturated rings. The number of piperidine rings is 1. The minimum atomic E-state index is 0.270. The summed E-state index contributed by atoms with van der Waals surface area (Å²) < 4.78 is 1.05. The fourth-order valence-corrected chi connectivity index (χ4v) is 2.20. The van der Waals surface area contributed by atoms with Crippen molar-refractivity contribution in [3.05, 3.63) is 28.5 Å². The summed E-state index contributed by atoms with van der Waals surface area (Å²) in [5, 5.41) is 3.38. The average Bonchev–Trinajstić information content (AvgIpc) is 2.19. The predicted octanol–water partition coefficient (Wildman–Crippen LogP) is 2.49. The molecule has 1 saturated heterocycles. The van der Waals surface area contributed by atoms with Gasteiger partial charge in [-0.2, -0.15) is 0 Å². The lowest BCUT2D eigenvalue weighted by Gasteiger charge is -2.33. The van der Waals surface area contributed by atoms with Crippen LogP contribution in [-0.4, -0.2) is 18.1 Å². The number of aromatic nitrogens is 1. The third-order valence-electron chi connectivity index (χ3n) is 3.05. The van der Waals surface area contributed by atoms with E-state index in [2.05, 4.69) is 45.3 Å². The SMILES string of the molecule is CC1(c2ccc(Br)cn2)CCNCC1. The Morgan fingerprint density at radius 2 is 2.07 bits per heavy atom. The van der Waals surface area contributed by atoms with E-state index in [1.807, 2.05) is 6.20 Å². The van der Waals surface area contributed by atoms with Gasteiger partial charge in [0.15, 0.2) is 0 Å². The highest BCUT2D eigenvalue weighted by molar-refractivity contribution is 9.10. The van der Waals surface area contributed by atoms with Crippen molar-refractivity contribution in [2.45, 2.75) is 25.2 Å². The minimum Gasteiger partial charge on any atom is -0.317 e. The van der Waals surface area contributed by atoms with Crippen molar-refractivity contribution in [1.29, 1.82) is 0 Å². The molecule has 3 heteroatoms. The molecule has 1 aromatic heterocycles. The summed E-state index contributed by atoms with van der Waals surface area (Å²) >= 11 is 3.41. The van der Waals surface area contributed by atoms with Crippen LogP contribution in [0.5, 0.6) is 0 Å². The van der Waals surface area contributed by atoms with Crippen molar-refractivity contribution in [2.24, 2.45) is 0 Å². The summed E-state index contributed by atoms with van der Waals surface area (Å²) in [5.74, 6) is 0. The van der Waals surface area contributed by atoms with Crippen LogP contribution in [0.3, 0.4) is 0 Å². The van der Waals surface area contributed by atoms with E-state index in [1.54, 1.807) is 0 Å². The standard InChI is InChI=1S/C11H15BrN2/c1-11(4-6-13-7-5-11)10-3-2-9(12)8-14-10/h2-3,8,13H,4-7H2,1H3. The second-order valence-corrected chi connectivity index (χ2v) is 5.09. The van der Waals surface area contributed by atoms with Crippen LogP contribution in [0.4, 0.5) is 0 Å². The zero-order valence-electron chi connectivity index (χ0n) is 8.39. The molecular formula is C11H15BrN2. The molecule has 76 valence electrons. The smallest absolute Gasteiger partial charge is 0.0464 e. The van der Waals surface area contributed by atoms with Crippen molar-refractivity contribution in [3.8, 4) is 0 Å². The lowest BCUT2D eigenvalue weighted by Crippen LogP contribution is -2.38. The Balaban J connectivity index is 2.23. The Labute approximate surface area is 93.3 Å². The fourth-order valence-electron chi connectivity index (χ4n) is 1.97. The highest BCUT2D eigenvalue weighted by Crippen LogP contribution is 2.31. The van der Waals surface area contributed by atoms with Gasteiger partial charge in [0.05, 0.1) is 0 Å². The maximum absolute atomic E-state index is 4.50. The molecule has 0 radical (unpaired) electrons. The Kier molecular flexibility index (Phi) is 2.88. The van der Waals surface area contributed by atoms with Gasteiger partial charge >= 0.3 is 0 Å². The first kappa shape index (κ1) is 10.1. The van der Waals surface area contributed by atoms with Gasteiger partial charge in [0.25, 0.3) is 0 Å². The van der Waals surface area contributed by atoms with Gasteiger partial charge in [-0.05, 0) is 54.0 Å². The second-order valence-electron chi connectivity index (χ2n) is 4.17. The number of hydrogen-bond donors (Lipinski definition) is 1. The molecule has 0 aliphatic carbocycles. The number of halogens is 1. The number of hydrogen-bond acceptors (Lipinski definition) is 2. The van der Waals surface area contributed by atoms with Crippen molar-refractivity contribution in [1.82, 2.24) is 10.3 Å². The van der Waals surface area contributed by atoms with Crippen molar-refractivity contribution in [2.75, 3.05) is 13.1 Å². The third-order valence-corrected chi connectivity index (χ3v) is 3.52. The number of pyridine rings is 1. The van der Waals surface area contributed by atoms with Crippen LogP contribution in [0, 0.1) is 0 Å². The van der Waals surface area contributed by atoms with Crippen LogP contribution < -0.4 is 5.32 Å². The summed E-state index contributed by atoms with van der Waals surface area (Å²) in [7, 11) is 0. The molecule has 0 saturated carbocycles. The number of nitrogens with zero attached hydrogens (tertiary/aromatic N) is 1. The average molecular weight is 255 g/mol. The molecule has 0 atom stereocenters. The minimum absolute atomic E-state index is 0.270. The molecular weight excluding hydrogens is 240 g/mol. The molecule has 14 heavy (non-hydrogen) atoms. The summed E-state index contributed by atoms with van der Waals surface area (Å²) in [5.41, 5.74) is 1.49. The van der Waals surface area contributed by atoms with Gasteiger partial charge in [0, 0.05) is 21.8 Å². The van der Waals surface area contributed by atoms with Crippen molar-refractivity contribution < 1.29 is 0 Å². The Morgan fingerprint density at radius 1 is 1.36 bits per heavy atom. The van der Waals surface area contributed by atoms with E-state index in [-0.39, 0.29) is 5.41 Å². The van der Waals surface area contributed by atoms with E-state index < -0.39 is 0 Å². The molecule has 0 unspecified atom stereocenters. The van der Waals surface area contributed by atoms with E-state index >= 15 is 0 Å². The van der Waals surface area contributed by atoms with E-state index in [4.69, 9.17) is 0 Å². The molecule has 1 N–H and O–H groups in total. The maximum Gasteiger partial charge on any atom is 0.0464 e. The number of nitrogens with one attached hydrogen (secondary N) is 1. The first-order chi connectivity index (χ1) is 6.71. The third kappa shape index (κ3) is 1.98. The molecule has 0 spiro atoms. The zero-order chi connectivity index (χ0) is 10.0. The quantitative estimate of drug-likeness (QED) is 0.833. The summed E-state index contributed by atoms with van der Waals surface area (Å²) in [6, 6.07) is 4.21. The van der Waals surface area contributed by atoms with Crippen LogP contribution in [0.2, 0.25) is 0 Å². The van der Waals surface area contributed by atoms with E-state index in [0.717, 1.165) is 17.6 Å². The zero-order valence-corrected chi connectivity index (χ0v) is 9.97. The largest absolute Gasteiger partial charge is 0.317 e. The predicted molar refractivity (Wildman–Crippen MR) is 61.4 cm³/mol. The van der Waals surface area contributed by atoms with E-state index in [9.17, 15) is 0 Å². The molecule has 1 aliphatic rings. The summed E-state index contributed by atoms with van der Waals surface area (Å²) in [6.45, 7) is 4.52. The second kappa shape index (κ2) is 3.99. The van der Waals surface area contributed by atoms with Crippen LogP contribution >= 0.6 is 15.9 Å². The van der Waals surface area contributed by atoms with E-state index in [0.29, 0.717) is 0 Å². The number of rotatable bonds is 1. The lowest BCUT2D eigenvalue weighted by molar-refractivity contribution is 0.327. The molecule has 1 aromatic rings. The summed E-state index contributed by atoms with van der Waals surface area (Å²) in [4.78, 5) is 4.50. The first-order valence-corrected chi connectivity index (χ1v) is 5.83. The van der Waals surface area contributed by atoms with Crippen LogP contribution in [0.25, 0.3) is 0 Å². The van der Waals surface area contributed by atoms with Gasteiger partial charge in [0.2, 0.25) is 0 Å². The monoisotopic (exact) mass is 254 g/mol. The van der Waals surface area contributed by atoms with Gasteiger partial charge in [0.1, 0.15) is 0 Å². The summed E-state index contributed by atoms with van der Waals surface area (Å²) in [6.07, 6.45) is 4.26. The molecule has 0 aromatic carbocycles. The highest BCUT2D eigenvalue weighted by Gasteiger charge is 2.29. The molecule has 2 rings (SSSR count). The Hall–Kier alpha value is -0.410. The van der Waals surface area contributed by atoms with Gasteiger partial charge in [-0.15, -0.1) is 0 Å². The fraction of sp³-hybridized carbons (Fsp3) is 0.545. The highest BCUT2D eigenvalue weighted by atomic mass is 79.9. The first-order valence-electron chi connectivity index (χ1n) is 5.03. The molecule has 0 bridgehead atoms. The van der Waals surface area contributed by atoms with Gasteiger partial charge in [-0.25, -0.2) is 0 Å². The van der Waals surface area contributed by atoms with E-state index in [1.165, 1.54) is 18.5 Å². The molecule has 1 aliphatic heterocycles. The van der Waals surface area contributed by atoms with Crippen molar-refractivity contribution in [3.63, 3.8) is 0 Å². The maximum atomic E-state index is 4.50. The lowest BCUT2D eigenvalue weighted by atomic mass is 9.78. The molecule has 2 nitrogen and oxygen atoms in total.